The van der Waals surface area contributed by atoms with Gasteiger partial charge >= 0.3 is 5.97 Å². The van der Waals surface area contributed by atoms with Crippen LogP contribution in [0, 0.1) is 5.92 Å². The van der Waals surface area contributed by atoms with Gasteiger partial charge in [-0.3, -0.25) is 4.79 Å². The Bertz CT molecular complexity index is 168. The first-order valence-electron chi connectivity index (χ1n) is 6.53. The Kier molecular flexibility index (Phi) is 9.30. The Morgan fingerprint density at radius 3 is 1.38 bits per heavy atom. The molecule has 0 unspecified atom stereocenters. The molecule has 16 heavy (non-hydrogen) atoms. The highest BCUT2D eigenvalue weighted by molar-refractivity contribution is 5.69. The van der Waals surface area contributed by atoms with E-state index in [1.54, 1.807) is 0 Å². The van der Waals surface area contributed by atoms with Gasteiger partial charge in [0.1, 0.15) is 0 Å². The van der Waals surface area contributed by atoms with E-state index in [2.05, 4.69) is 0 Å². The van der Waals surface area contributed by atoms with Crippen LogP contribution in [0.5, 0.6) is 0 Å². The van der Waals surface area contributed by atoms with Gasteiger partial charge < -0.3 is 10.6 Å². The van der Waals surface area contributed by atoms with E-state index >= 15 is 0 Å². The second kappa shape index (κ2) is 9.64. The monoisotopic (exact) mass is 230 g/mol. The molecule has 0 heterocycles. The lowest BCUT2D eigenvalue weighted by Crippen LogP contribution is -2.13. The first-order valence-corrected chi connectivity index (χ1v) is 6.53. The molecule has 0 atom stereocenters. The molecular weight excluding hydrogens is 204 g/mol. The van der Waals surface area contributed by atoms with E-state index < -0.39 is 5.97 Å². The second-order valence-corrected chi connectivity index (χ2v) is 4.79. The van der Waals surface area contributed by atoms with Crippen LogP contribution in [0.15, 0.2) is 0 Å². The molecular formula is C13H26O3. The van der Waals surface area contributed by atoms with E-state index in [1.807, 2.05) is 0 Å². The number of hydrogen-bond donors (Lipinski definition) is 1. The lowest BCUT2D eigenvalue weighted by molar-refractivity contribution is -0.142. The molecule has 0 aromatic heterocycles. The van der Waals surface area contributed by atoms with Crippen molar-refractivity contribution in [3.05, 3.63) is 0 Å². The van der Waals surface area contributed by atoms with E-state index in [4.69, 9.17) is 5.11 Å². The average Bonchev–Trinajstić information content (AvgIpc) is 2.18. The van der Waals surface area contributed by atoms with E-state index in [-0.39, 0.29) is 11.4 Å². The van der Waals surface area contributed by atoms with Crippen LogP contribution in [0.3, 0.4) is 0 Å². The zero-order valence-corrected chi connectivity index (χ0v) is 10.2. The Hall–Kier alpha value is -0.570. The highest BCUT2D eigenvalue weighted by Gasteiger charge is 2.16. The van der Waals surface area contributed by atoms with Crippen LogP contribution in [0.1, 0.15) is 70.6 Å². The normalized spacial score (nSPS) is 21.2. The Balaban J connectivity index is 0.00000225. The summed E-state index contributed by atoms with van der Waals surface area (Å²) in [4.78, 5) is 11.0. The van der Waals surface area contributed by atoms with Crippen molar-refractivity contribution in [2.24, 2.45) is 5.92 Å². The summed E-state index contributed by atoms with van der Waals surface area (Å²) >= 11 is 0. The Labute approximate surface area is 98.5 Å². The minimum absolute atomic E-state index is 0. The molecule has 96 valence electrons. The summed E-state index contributed by atoms with van der Waals surface area (Å²) in [5.41, 5.74) is 0. The predicted molar refractivity (Wildman–Crippen MR) is 65.5 cm³/mol. The maximum absolute atomic E-state index is 11.0. The van der Waals surface area contributed by atoms with E-state index in [9.17, 15) is 4.79 Å². The topological polar surface area (TPSA) is 68.8 Å². The van der Waals surface area contributed by atoms with Gasteiger partial charge in [0, 0.05) is 0 Å². The first kappa shape index (κ1) is 15.4. The fraction of sp³-hybridized carbons (Fsp3) is 0.923. The zero-order chi connectivity index (χ0) is 10.9. The predicted octanol–water partition coefficient (Wildman–Crippen LogP) is 3.17. The van der Waals surface area contributed by atoms with E-state index in [1.165, 1.54) is 44.9 Å². The average molecular weight is 230 g/mol. The summed E-state index contributed by atoms with van der Waals surface area (Å²) < 4.78 is 0. The molecule has 0 radical (unpaired) electrons. The van der Waals surface area contributed by atoms with E-state index in [0.717, 1.165) is 25.7 Å². The highest BCUT2D eigenvalue weighted by atomic mass is 16.4. The van der Waals surface area contributed by atoms with Gasteiger partial charge in [-0.1, -0.05) is 57.8 Å². The SMILES string of the molecule is O.O=C(O)C1CCCCCCCCCCC1. The van der Waals surface area contributed by atoms with Crippen LogP contribution in [0.25, 0.3) is 0 Å². The molecule has 1 aliphatic rings. The quantitative estimate of drug-likeness (QED) is 0.751. The lowest BCUT2D eigenvalue weighted by atomic mass is 9.93. The van der Waals surface area contributed by atoms with Gasteiger partial charge in [0.05, 0.1) is 5.92 Å². The number of carbonyl (C=O) groups is 1. The molecule has 0 aliphatic heterocycles. The van der Waals surface area contributed by atoms with Crippen LogP contribution in [-0.2, 0) is 4.79 Å². The highest BCUT2D eigenvalue weighted by Crippen LogP contribution is 2.20. The number of carboxylic acids is 1. The summed E-state index contributed by atoms with van der Waals surface area (Å²) in [6.45, 7) is 0. The number of rotatable bonds is 1. The van der Waals surface area contributed by atoms with Crippen LogP contribution in [0.4, 0.5) is 0 Å². The van der Waals surface area contributed by atoms with Crippen LogP contribution in [-0.4, -0.2) is 16.6 Å². The molecule has 3 N–H and O–H groups in total. The minimum Gasteiger partial charge on any atom is -0.481 e. The standard InChI is InChI=1S/C13H24O2.H2O/c14-13(15)12-10-8-6-4-2-1-3-5-7-9-11-12;/h12H,1-11H2,(H,14,15);1H2. The van der Waals surface area contributed by atoms with Gasteiger partial charge in [-0.05, 0) is 12.8 Å². The van der Waals surface area contributed by atoms with Gasteiger partial charge in [-0.2, -0.15) is 0 Å². The van der Waals surface area contributed by atoms with Crippen molar-refractivity contribution in [1.82, 2.24) is 0 Å². The fourth-order valence-corrected chi connectivity index (χ4v) is 2.41. The van der Waals surface area contributed by atoms with Gasteiger partial charge in [0.25, 0.3) is 0 Å². The summed E-state index contributed by atoms with van der Waals surface area (Å²) in [5, 5.41) is 9.04. The van der Waals surface area contributed by atoms with Gasteiger partial charge in [-0.15, -0.1) is 0 Å². The van der Waals surface area contributed by atoms with Crippen molar-refractivity contribution in [3.63, 3.8) is 0 Å². The molecule has 3 nitrogen and oxygen atoms in total. The molecule has 0 aromatic rings. The minimum atomic E-state index is -0.577. The maximum atomic E-state index is 11.0. The summed E-state index contributed by atoms with van der Waals surface area (Å²) in [6, 6.07) is 0. The summed E-state index contributed by atoms with van der Waals surface area (Å²) in [7, 11) is 0. The molecule has 0 amide bonds. The zero-order valence-electron chi connectivity index (χ0n) is 10.2. The summed E-state index contributed by atoms with van der Waals surface area (Å²) in [6.07, 6.45) is 13.1. The number of aliphatic carboxylic acids is 1. The third kappa shape index (κ3) is 6.83. The van der Waals surface area contributed by atoms with Crippen molar-refractivity contribution >= 4 is 5.97 Å². The molecule has 1 saturated carbocycles. The van der Waals surface area contributed by atoms with Crippen molar-refractivity contribution in [3.8, 4) is 0 Å². The molecule has 1 fully saturated rings. The number of hydrogen-bond acceptors (Lipinski definition) is 1. The Morgan fingerprint density at radius 1 is 0.750 bits per heavy atom. The van der Waals surface area contributed by atoms with Crippen LogP contribution in [0.2, 0.25) is 0 Å². The maximum Gasteiger partial charge on any atom is 0.306 e. The van der Waals surface area contributed by atoms with Crippen molar-refractivity contribution < 1.29 is 15.4 Å². The van der Waals surface area contributed by atoms with Gasteiger partial charge in [-0.25, -0.2) is 0 Å². The third-order valence-electron chi connectivity index (χ3n) is 3.45. The molecule has 0 spiro atoms. The van der Waals surface area contributed by atoms with E-state index in [0.29, 0.717) is 0 Å². The molecule has 1 rings (SSSR count). The van der Waals surface area contributed by atoms with Crippen molar-refractivity contribution in [2.45, 2.75) is 70.6 Å². The fourth-order valence-electron chi connectivity index (χ4n) is 2.41. The molecule has 3 heteroatoms. The molecule has 1 aliphatic carbocycles. The lowest BCUT2D eigenvalue weighted by Gasteiger charge is -2.13. The van der Waals surface area contributed by atoms with Crippen molar-refractivity contribution in [2.75, 3.05) is 0 Å². The van der Waals surface area contributed by atoms with Crippen LogP contribution < -0.4 is 0 Å². The summed E-state index contributed by atoms with van der Waals surface area (Å²) in [5.74, 6) is -0.642. The smallest absolute Gasteiger partial charge is 0.306 e. The number of carboxylic acid groups (broad SMARTS) is 1. The second-order valence-electron chi connectivity index (χ2n) is 4.79. The van der Waals surface area contributed by atoms with Gasteiger partial charge in [0.2, 0.25) is 0 Å². The van der Waals surface area contributed by atoms with Crippen LogP contribution >= 0.6 is 0 Å². The molecule has 0 saturated heterocycles. The first-order chi connectivity index (χ1) is 7.30. The van der Waals surface area contributed by atoms with Gasteiger partial charge in [0.15, 0.2) is 0 Å². The Morgan fingerprint density at radius 2 is 1.06 bits per heavy atom. The molecule has 0 bridgehead atoms. The van der Waals surface area contributed by atoms with Crippen molar-refractivity contribution in [1.29, 1.82) is 0 Å². The largest absolute Gasteiger partial charge is 0.481 e. The molecule has 0 aromatic carbocycles. The third-order valence-corrected chi connectivity index (χ3v) is 3.45.